The molecule has 0 bridgehead atoms. The summed E-state index contributed by atoms with van der Waals surface area (Å²) >= 11 is 0. The summed E-state index contributed by atoms with van der Waals surface area (Å²) in [4.78, 5) is 2.34. The molecule has 2 aliphatic carbocycles. The number of rotatable bonds is 9. The number of terminal acetylenes is 1. The van der Waals surface area contributed by atoms with E-state index >= 15 is 0 Å². The lowest BCUT2D eigenvalue weighted by atomic mass is 9.89. The van der Waals surface area contributed by atoms with Gasteiger partial charge in [0.15, 0.2) is 0 Å². The van der Waals surface area contributed by atoms with E-state index in [4.69, 9.17) is 6.42 Å². The fraction of sp³-hybridized carbons (Fsp3) is 0.0702. The topological polar surface area (TPSA) is 3.24 Å². The van der Waals surface area contributed by atoms with Crippen LogP contribution in [0.1, 0.15) is 30.9 Å². The molecule has 0 fully saturated rings. The summed E-state index contributed by atoms with van der Waals surface area (Å²) < 4.78 is 0. The summed E-state index contributed by atoms with van der Waals surface area (Å²) in [6.07, 6.45) is 13.3. The maximum atomic E-state index is 5.52. The highest BCUT2D eigenvalue weighted by Crippen LogP contribution is 2.44. The summed E-state index contributed by atoms with van der Waals surface area (Å²) in [7, 11) is 0. The molecule has 0 aliphatic heterocycles. The number of benzene rings is 7. The molecule has 0 atom stereocenters. The Kier molecular flexibility index (Phi) is 10.0. The smallest absolute Gasteiger partial charge is 0.0462 e. The standard InChI is InChI=1S/C57H43N/c1-4-5-12-50-39-57-55(41(50)3)16-10-17-56(57)49-24-22-45(23-25-49)47-28-34-53(35-29-47)58(54-36-30-48(31-37-54)51-15-9-11-40(2)38-51)52-32-26-46(27-33-52)44-20-18-43(19-21-44)42-13-7-6-8-14-42/h1,5-15,18-38H,17,39H2,2-3H3/b12-5-. The summed E-state index contributed by atoms with van der Waals surface area (Å²) in [5.41, 5.74) is 25.5. The van der Waals surface area contributed by atoms with Crippen molar-refractivity contribution in [1.29, 1.82) is 0 Å². The molecule has 2 aliphatic rings. The largest absolute Gasteiger partial charge is 0.311 e. The van der Waals surface area contributed by atoms with Crippen LogP contribution >= 0.6 is 0 Å². The molecule has 9 rings (SSSR count). The number of hydrogen-bond acceptors (Lipinski definition) is 1. The van der Waals surface area contributed by atoms with Crippen molar-refractivity contribution in [3.63, 3.8) is 0 Å². The van der Waals surface area contributed by atoms with Gasteiger partial charge in [-0.2, -0.15) is 0 Å². The molecule has 276 valence electrons. The third-order valence-corrected chi connectivity index (χ3v) is 11.4. The average molecular weight is 742 g/mol. The van der Waals surface area contributed by atoms with Gasteiger partial charge in [0.05, 0.1) is 0 Å². The van der Waals surface area contributed by atoms with Gasteiger partial charge >= 0.3 is 0 Å². The Morgan fingerprint density at radius 2 is 0.948 bits per heavy atom. The Morgan fingerprint density at radius 3 is 1.45 bits per heavy atom. The second-order valence-electron chi connectivity index (χ2n) is 15.1. The van der Waals surface area contributed by atoms with Gasteiger partial charge in [-0.15, -0.1) is 12.2 Å². The Morgan fingerprint density at radius 1 is 0.500 bits per heavy atom. The molecule has 0 amide bonds. The van der Waals surface area contributed by atoms with E-state index in [1.807, 2.05) is 0 Å². The number of allylic oxidation sites excluding steroid dienone is 7. The molecular formula is C57H43N. The van der Waals surface area contributed by atoms with Crippen LogP contribution in [0.2, 0.25) is 0 Å². The van der Waals surface area contributed by atoms with Gasteiger partial charge in [-0.05, 0) is 148 Å². The normalized spacial score (nSPS) is 13.4. The van der Waals surface area contributed by atoms with E-state index in [9.17, 15) is 0 Å². The Bertz CT molecular complexity index is 2810. The molecule has 7 aromatic carbocycles. The Balaban J connectivity index is 1.00. The highest BCUT2D eigenvalue weighted by atomic mass is 15.1. The molecule has 0 spiro atoms. The number of aryl methyl sites for hydroxylation is 1. The number of anilines is 3. The molecule has 0 saturated heterocycles. The lowest BCUT2D eigenvalue weighted by molar-refractivity contribution is 1.21. The number of hydrogen-bond donors (Lipinski definition) is 0. The van der Waals surface area contributed by atoms with E-state index in [2.05, 4.69) is 218 Å². The minimum Gasteiger partial charge on any atom is -0.311 e. The van der Waals surface area contributed by atoms with Crippen LogP contribution in [-0.2, 0) is 0 Å². The van der Waals surface area contributed by atoms with Crippen molar-refractivity contribution in [2.45, 2.75) is 26.7 Å². The SMILES string of the molecule is C#C/C=C\C1=C(C)C2=C=CCC(c3ccc(-c4ccc(N(c5ccc(-c6ccc(-c7ccccc7)cc6)cc5)c5ccc(-c6cccc(C)c6)cc5)cc4)cc3)=C2C1. The van der Waals surface area contributed by atoms with Gasteiger partial charge in [-0.1, -0.05) is 157 Å². The molecule has 1 nitrogen and oxygen atoms in total. The zero-order valence-corrected chi connectivity index (χ0v) is 32.9. The fourth-order valence-electron chi connectivity index (χ4n) is 8.28. The van der Waals surface area contributed by atoms with Crippen molar-refractivity contribution in [2.75, 3.05) is 4.90 Å². The van der Waals surface area contributed by atoms with Crippen molar-refractivity contribution >= 4 is 22.6 Å². The van der Waals surface area contributed by atoms with Crippen molar-refractivity contribution in [3.05, 3.63) is 233 Å². The third kappa shape index (κ3) is 7.34. The van der Waals surface area contributed by atoms with Crippen molar-refractivity contribution < 1.29 is 0 Å². The maximum absolute atomic E-state index is 5.52. The van der Waals surface area contributed by atoms with Gasteiger partial charge in [0.1, 0.15) is 0 Å². The van der Waals surface area contributed by atoms with Crippen molar-refractivity contribution in [3.8, 4) is 56.9 Å². The average Bonchev–Trinajstić information content (AvgIpc) is 3.61. The van der Waals surface area contributed by atoms with Gasteiger partial charge in [-0.3, -0.25) is 0 Å². The lowest BCUT2D eigenvalue weighted by Crippen LogP contribution is -2.09. The van der Waals surface area contributed by atoms with E-state index < -0.39 is 0 Å². The Labute approximate surface area is 343 Å². The summed E-state index contributed by atoms with van der Waals surface area (Å²) in [6.45, 7) is 4.32. The van der Waals surface area contributed by atoms with Crippen LogP contribution in [0.3, 0.4) is 0 Å². The first-order valence-electron chi connectivity index (χ1n) is 20.0. The molecule has 1 heteroatoms. The molecule has 0 N–H and O–H groups in total. The maximum Gasteiger partial charge on any atom is 0.0462 e. The van der Waals surface area contributed by atoms with Crippen LogP contribution < -0.4 is 4.90 Å². The molecule has 0 heterocycles. The molecule has 0 aromatic heterocycles. The molecule has 0 unspecified atom stereocenters. The Hall–Kier alpha value is -7.36. The quantitative estimate of drug-likeness (QED) is 0.105. The van der Waals surface area contributed by atoms with Gasteiger partial charge in [0, 0.05) is 22.6 Å². The summed E-state index contributed by atoms with van der Waals surface area (Å²) in [5.74, 6) is 2.64. The van der Waals surface area contributed by atoms with Gasteiger partial charge in [0.25, 0.3) is 0 Å². The van der Waals surface area contributed by atoms with Crippen LogP contribution in [0, 0.1) is 19.3 Å². The van der Waals surface area contributed by atoms with E-state index in [1.165, 1.54) is 83.5 Å². The lowest BCUT2D eigenvalue weighted by Gasteiger charge is -2.26. The van der Waals surface area contributed by atoms with Crippen LogP contribution in [0.15, 0.2) is 222 Å². The highest BCUT2D eigenvalue weighted by molar-refractivity contribution is 5.83. The summed E-state index contributed by atoms with van der Waals surface area (Å²) in [6, 6.07) is 63.9. The van der Waals surface area contributed by atoms with Gasteiger partial charge in [0.2, 0.25) is 0 Å². The van der Waals surface area contributed by atoms with Gasteiger partial charge in [-0.25, -0.2) is 0 Å². The second kappa shape index (κ2) is 16.0. The predicted octanol–water partition coefficient (Wildman–Crippen LogP) is 15.3. The van der Waals surface area contributed by atoms with E-state index in [-0.39, 0.29) is 0 Å². The monoisotopic (exact) mass is 741 g/mol. The summed E-state index contributed by atoms with van der Waals surface area (Å²) in [5, 5.41) is 0. The number of fused-ring (bicyclic) bond motifs is 1. The third-order valence-electron chi connectivity index (χ3n) is 11.4. The van der Waals surface area contributed by atoms with Crippen molar-refractivity contribution in [1.82, 2.24) is 0 Å². The molecule has 7 aromatic rings. The highest BCUT2D eigenvalue weighted by Gasteiger charge is 2.25. The molecule has 58 heavy (non-hydrogen) atoms. The minimum absolute atomic E-state index is 0.885. The zero-order chi connectivity index (χ0) is 39.4. The van der Waals surface area contributed by atoms with Crippen LogP contribution in [0.4, 0.5) is 17.1 Å². The first kappa shape index (κ1) is 36.3. The molecule has 0 saturated carbocycles. The molecular weight excluding hydrogens is 699 g/mol. The van der Waals surface area contributed by atoms with E-state index in [0.29, 0.717) is 0 Å². The predicted molar refractivity (Wildman–Crippen MR) is 246 cm³/mol. The first-order valence-corrected chi connectivity index (χ1v) is 20.0. The first-order chi connectivity index (χ1) is 28.5. The fourth-order valence-corrected chi connectivity index (χ4v) is 8.28. The molecule has 0 radical (unpaired) electrons. The van der Waals surface area contributed by atoms with Gasteiger partial charge < -0.3 is 4.90 Å². The van der Waals surface area contributed by atoms with Crippen molar-refractivity contribution in [2.24, 2.45) is 0 Å². The van der Waals surface area contributed by atoms with Crippen LogP contribution in [0.25, 0.3) is 50.1 Å². The van der Waals surface area contributed by atoms with E-state index in [1.54, 1.807) is 6.08 Å². The number of nitrogens with zero attached hydrogens (tertiary/aromatic N) is 1. The second-order valence-corrected chi connectivity index (χ2v) is 15.1. The van der Waals surface area contributed by atoms with Crippen LogP contribution in [0.5, 0.6) is 0 Å². The zero-order valence-electron chi connectivity index (χ0n) is 32.9. The van der Waals surface area contributed by atoms with E-state index in [0.717, 1.165) is 29.9 Å². The minimum atomic E-state index is 0.885. The van der Waals surface area contributed by atoms with Crippen LogP contribution in [-0.4, -0.2) is 0 Å².